The second-order valence-corrected chi connectivity index (χ2v) is 2.20. The molecule has 0 atom stereocenters. The molecule has 0 aliphatic carbocycles. The molecular formula is C6H16BaO. The van der Waals surface area contributed by atoms with Crippen LogP contribution in [0.25, 0.3) is 0 Å². The molecule has 0 aliphatic heterocycles. The Kier molecular flexibility index (Phi) is 8.14. The van der Waals surface area contributed by atoms with E-state index in [2.05, 4.69) is 0 Å². The third-order valence-electron chi connectivity index (χ3n) is 1.52. The van der Waals surface area contributed by atoms with Crippen molar-refractivity contribution in [2.75, 3.05) is 0 Å². The van der Waals surface area contributed by atoms with Crippen LogP contribution in [-0.4, -0.2) is 59.6 Å². The van der Waals surface area contributed by atoms with E-state index in [0.29, 0.717) is 0 Å². The molecule has 0 unspecified atom stereocenters. The van der Waals surface area contributed by atoms with Crippen molar-refractivity contribution in [2.24, 2.45) is 0 Å². The van der Waals surface area contributed by atoms with E-state index >= 15 is 0 Å². The van der Waals surface area contributed by atoms with Crippen LogP contribution in [0.5, 0.6) is 0 Å². The summed E-state index contributed by atoms with van der Waals surface area (Å²) >= 11 is 0. The van der Waals surface area contributed by atoms with Crippen LogP contribution in [0, 0.1) is 0 Å². The summed E-state index contributed by atoms with van der Waals surface area (Å²) in [5.74, 6) is 0. The molecule has 0 aromatic carbocycles. The van der Waals surface area contributed by atoms with Crippen molar-refractivity contribution in [3.8, 4) is 0 Å². The molecule has 1 nitrogen and oxygen atoms in total. The van der Waals surface area contributed by atoms with Crippen LogP contribution in [0.15, 0.2) is 0 Å². The van der Waals surface area contributed by atoms with Crippen molar-refractivity contribution in [3.05, 3.63) is 0 Å². The Morgan fingerprint density at radius 1 is 1.25 bits per heavy atom. The molecular weight excluding hydrogens is 225 g/mol. The molecule has 0 spiro atoms. The zero-order chi connectivity index (χ0) is 5.91. The second-order valence-electron chi connectivity index (χ2n) is 2.20. The molecule has 0 rings (SSSR count). The van der Waals surface area contributed by atoms with Gasteiger partial charge in [-0.05, 0) is 19.8 Å². The van der Waals surface area contributed by atoms with E-state index in [0.717, 1.165) is 12.8 Å². The number of hydrogen-bond donors (Lipinski definition) is 1. The van der Waals surface area contributed by atoms with E-state index in [-0.39, 0.29) is 48.9 Å². The average molecular weight is 242 g/mol. The van der Waals surface area contributed by atoms with Gasteiger partial charge in [-0.25, -0.2) is 0 Å². The summed E-state index contributed by atoms with van der Waals surface area (Å²) in [6.07, 6.45) is 1.70. The fourth-order valence-corrected chi connectivity index (χ4v) is 0.250. The van der Waals surface area contributed by atoms with Crippen LogP contribution in [0.3, 0.4) is 0 Å². The van der Waals surface area contributed by atoms with Gasteiger partial charge in [0.2, 0.25) is 0 Å². The zero-order valence-corrected chi connectivity index (χ0v) is 5.36. The van der Waals surface area contributed by atoms with Gasteiger partial charge in [-0.2, -0.15) is 0 Å². The molecule has 0 amide bonds. The van der Waals surface area contributed by atoms with E-state index in [1.807, 2.05) is 20.8 Å². The van der Waals surface area contributed by atoms with Crippen LogP contribution in [0.1, 0.15) is 33.6 Å². The van der Waals surface area contributed by atoms with Crippen molar-refractivity contribution in [1.29, 1.82) is 0 Å². The molecule has 0 aromatic rings. The predicted octanol–water partition coefficient (Wildman–Crippen LogP) is 0.641. The molecule has 0 aliphatic rings. The maximum absolute atomic E-state index is 9.13. The molecule has 0 saturated heterocycles. The van der Waals surface area contributed by atoms with E-state index in [1.165, 1.54) is 0 Å². The Hall–Kier alpha value is 1.53. The quantitative estimate of drug-likeness (QED) is 0.704. The summed E-state index contributed by atoms with van der Waals surface area (Å²) in [6, 6.07) is 0. The molecule has 0 fully saturated rings. The third kappa shape index (κ3) is 5.66. The molecule has 0 radical (unpaired) electrons. The standard InChI is InChI=1S/C6H14O.Ba.2H/c1-4-6(3,7)5-2;;;/h7H,4-5H2,1-3H3;;;. The van der Waals surface area contributed by atoms with Gasteiger partial charge in [0.25, 0.3) is 0 Å². The molecule has 48 valence electrons. The number of aliphatic hydroxyl groups is 1. The third-order valence-corrected chi connectivity index (χ3v) is 1.52. The van der Waals surface area contributed by atoms with Crippen LogP contribution >= 0.6 is 0 Å². The molecule has 0 bridgehead atoms. The minimum atomic E-state index is -0.417. The normalized spacial score (nSPS) is 10.5. The van der Waals surface area contributed by atoms with Gasteiger partial charge < -0.3 is 5.11 Å². The van der Waals surface area contributed by atoms with E-state index in [1.54, 1.807) is 0 Å². The van der Waals surface area contributed by atoms with Crippen LogP contribution in [0.2, 0.25) is 0 Å². The van der Waals surface area contributed by atoms with Crippen LogP contribution < -0.4 is 0 Å². The van der Waals surface area contributed by atoms with E-state index < -0.39 is 5.60 Å². The van der Waals surface area contributed by atoms with Crippen molar-refractivity contribution in [3.63, 3.8) is 0 Å². The van der Waals surface area contributed by atoms with Gasteiger partial charge in [0.1, 0.15) is 0 Å². The van der Waals surface area contributed by atoms with Gasteiger partial charge in [-0.15, -0.1) is 0 Å². The summed E-state index contributed by atoms with van der Waals surface area (Å²) in [6.45, 7) is 5.83. The van der Waals surface area contributed by atoms with Crippen LogP contribution in [-0.2, 0) is 0 Å². The Morgan fingerprint density at radius 3 is 1.50 bits per heavy atom. The van der Waals surface area contributed by atoms with Crippen molar-refractivity contribution >= 4 is 48.9 Å². The minimum absolute atomic E-state index is 0. The van der Waals surface area contributed by atoms with Crippen molar-refractivity contribution < 1.29 is 5.11 Å². The first-order chi connectivity index (χ1) is 3.12. The zero-order valence-electron chi connectivity index (χ0n) is 5.36. The molecule has 0 aromatic heterocycles. The van der Waals surface area contributed by atoms with Crippen molar-refractivity contribution in [2.45, 2.75) is 39.2 Å². The van der Waals surface area contributed by atoms with Gasteiger partial charge in [0.05, 0.1) is 5.60 Å². The first kappa shape index (κ1) is 12.2. The van der Waals surface area contributed by atoms with Crippen molar-refractivity contribution in [1.82, 2.24) is 0 Å². The molecule has 2 heteroatoms. The van der Waals surface area contributed by atoms with E-state index in [9.17, 15) is 0 Å². The number of rotatable bonds is 2. The van der Waals surface area contributed by atoms with Gasteiger partial charge >= 0.3 is 48.9 Å². The molecule has 1 N–H and O–H groups in total. The summed E-state index contributed by atoms with van der Waals surface area (Å²) in [5, 5.41) is 9.13. The fraction of sp³-hybridized carbons (Fsp3) is 1.00. The Bertz CT molecular complexity index is 46.5. The Morgan fingerprint density at radius 2 is 1.50 bits per heavy atom. The second kappa shape index (κ2) is 5.33. The van der Waals surface area contributed by atoms with Gasteiger partial charge in [0.15, 0.2) is 0 Å². The SMILES string of the molecule is CCC(C)(O)CC.[BaH2]. The summed E-state index contributed by atoms with van der Waals surface area (Å²) < 4.78 is 0. The van der Waals surface area contributed by atoms with Crippen LogP contribution in [0.4, 0.5) is 0 Å². The monoisotopic (exact) mass is 242 g/mol. The fourth-order valence-electron chi connectivity index (χ4n) is 0.250. The Balaban J connectivity index is 0. The first-order valence-electron chi connectivity index (χ1n) is 2.84. The number of hydrogen-bond acceptors (Lipinski definition) is 1. The first-order valence-corrected chi connectivity index (χ1v) is 2.84. The average Bonchev–Trinajstić information content (AvgIpc) is 1.68. The maximum atomic E-state index is 9.13. The van der Waals surface area contributed by atoms with Gasteiger partial charge in [-0.3, -0.25) is 0 Å². The molecule has 8 heavy (non-hydrogen) atoms. The molecule has 0 saturated carbocycles. The van der Waals surface area contributed by atoms with E-state index in [4.69, 9.17) is 5.11 Å². The van der Waals surface area contributed by atoms with Gasteiger partial charge in [0, 0.05) is 0 Å². The summed E-state index contributed by atoms with van der Waals surface area (Å²) in [4.78, 5) is 0. The predicted molar refractivity (Wildman–Crippen MR) is 39.7 cm³/mol. The summed E-state index contributed by atoms with van der Waals surface area (Å²) in [5.41, 5.74) is -0.417. The topological polar surface area (TPSA) is 20.2 Å². The van der Waals surface area contributed by atoms with Gasteiger partial charge in [-0.1, -0.05) is 13.8 Å². The molecule has 0 heterocycles. The Labute approximate surface area is 91.9 Å². The summed E-state index contributed by atoms with van der Waals surface area (Å²) in [7, 11) is 0.